The average molecular weight is 691 g/mol. The first-order valence-electron chi connectivity index (χ1n) is 18.0. The van der Waals surface area contributed by atoms with E-state index >= 15 is 0 Å². The fraction of sp³-hybridized carbons (Fsp3) is 0. The minimum absolute atomic E-state index is 0.647. The molecule has 0 aliphatic carbocycles. The molecule has 0 atom stereocenters. The van der Waals surface area contributed by atoms with E-state index in [4.69, 9.17) is 9.97 Å². The van der Waals surface area contributed by atoms with Crippen LogP contribution in [0.4, 0.5) is 0 Å². The van der Waals surface area contributed by atoms with Crippen LogP contribution in [0.1, 0.15) is 0 Å². The zero-order valence-corrected chi connectivity index (χ0v) is 29.4. The SMILES string of the molecule is c1ccc(-c2cccc(-c3cccc(-c4cc(-c5cccc(-c6cccc(-c7ccccc7)c6)c5)nc(-c5cccc(-c6cncnc6)c5)n4)c3)c2)cc1. The number of benzene rings is 7. The maximum Gasteiger partial charge on any atom is 0.160 e. The standard InChI is InChI=1S/C50H34N4/c1-3-12-35(13-4-1)37-16-7-18-39(26-37)41-20-9-23-44(28-41)48-31-49(54-50(53-48)46-25-11-22-43(30-46)47-32-51-34-52-33-47)45-24-10-21-42(29-45)40-19-8-17-38(27-40)36-14-5-2-6-15-36/h1-34H. The molecule has 4 nitrogen and oxygen atoms in total. The molecule has 0 N–H and O–H groups in total. The zero-order chi connectivity index (χ0) is 36.1. The Morgan fingerprint density at radius 3 is 1.00 bits per heavy atom. The normalized spacial score (nSPS) is 11.0. The van der Waals surface area contributed by atoms with Crippen LogP contribution >= 0.6 is 0 Å². The van der Waals surface area contributed by atoms with E-state index in [1.54, 1.807) is 6.33 Å². The summed E-state index contributed by atoms with van der Waals surface area (Å²) < 4.78 is 0. The molecule has 0 radical (unpaired) electrons. The summed E-state index contributed by atoms with van der Waals surface area (Å²) in [7, 11) is 0. The van der Waals surface area contributed by atoms with Gasteiger partial charge in [0.15, 0.2) is 5.82 Å². The number of aromatic nitrogens is 4. The van der Waals surface area contributed by atoms with Crippen LogP contribution in [-0.2, 0) is 0 Å². The van der Waals surface area contributed by atoms with Gasteiger partial charge in [0.05, 0.1) is 11.4 Å². The maximum absolute atomic E-state index is 5.22. The molecular weight excluding hydrogens is 657 g/mol. The van der Waals surface area contributed by atoms with E-state index in [0.29, 0.717) is 5.82 Å². The summed E-state index contributed by atoms with van der Waals surface area (Å²) in [6.07, 6.45) is 5.20. The van der Waals surface area contributed by atoms with Crippen molar-refractivity contribution in [2.75, 3.05) is 0 Å². The molecule has 0 fully saturated rings. The largest absolute Gasteiger partial charge is 0.244 e. The Hall–Kier alpha value is -7.30. The maximum atomic E-state index is 5.22. The number of nitrogens with zero attached hydrogens (tertiary/aromatic N) is 4. The van der Waals surface area contributed by atoms with Crippen molar-refractivity contribution in [2.45, 2.75) is 0 Å². The van der Waals surface area contributed by atoms with Crippen LogP contribution in [0.15, 0.2) is 207 Å². The third-order valence-corrected chi connectivity index (χ3v) is 9.66. The summed E-state index contributed by atoms with van der Waals surface area (Å²) in [6, 6.07) is 66.0. The van der Waals surface area contributed by atoms with Crippen molar-refractivity contribution in [2.24, 2.45) is 0 Å². The minimum atomic E-state index is 0.647. The summed E-state index contributed by atoms with van der Waals surface area (Å²) in [5.41, 5.74) is 15.9. The van der Waals surface area contributed by atoms with Gasteiger partial charge in [0, 0.05) is 34.6 Å². The highest BCUT2D eigenvalue weighted by atomic mass is 14.9. The molecule has 54 heavy (non-hydrogen) atoms. The van der Waals surface area contributed by atoms with Crippen LogP contribution < -0.4 is 0 Å². The van der Waals surface area contributed by atoms with Crippen molar-refractivity contribution >= 4 is 0 Å². The van der Waals surface area contributed by atoms with Crippen LogP contribution in [0.3, 0.4) is 0 Å². The van der Waals surface area contributed by atoms with Gasteiger partial charge >= 0.3 is 0 Å². The minimum Gasteiger partial charge on any atom is -0.244 e. The summed E-state index contributed by atoms with van der Waals surface area (Å²) in [4.78, 5) is 18.9. The van der Waals surface area contributed by atoms with Gasteiger partial charge in [0.1, 0.15) is 6.33 Å². The first-order valence-corrected chi connectivity index (χ1v) is 18.0. The summed E-state index contributed by atoms with van der Waals surface area (Å²) >= 11 is 0. The van der Waals surface area contributed by atoms with Gasteiger partial charge in [-0.25, -0.2) is 19.9 Å². The monoisotopic (exact) mass is 690 g/mol. The quantitative estimate of drug-likeness (QED) is 0.159. The third-order valence-electron chi connectivity index (χ3n) is 9.66. The Morgan fingerprint density at radius 1 is 0.241 bits per heavy atom. The highest BCUT2D eigenvalue weighted by molar-refractivity contribution is 5.81. The number of hydrogen-bond donors (Lipinski definition) is 0. The van der Waals surface area contributed by atoms with Gasteiger partial charge in [-0.1, -0.05) is 152 Å². The lowest BCUT2D eigenvalue weighted by atomic mass is 9.96. The lowest BCUT2D eigenvalue weighted by Gasteiger charge is -2.13. The predicted octanol–water partition coefficient (Wildman–Crippen LogP) is 12.6. The lowest BCUT2D eigenvalue weighted by Crippen LogP contribution is -1.97. The van der Waals surface area contributed by atoms with Crippen LogP contribution in [0.2, 0.25) is 0 Å². The molecule has 254 valence electrons. The van der Waals surface area contributed by atoms with Crippen molar-refractivity contribution in [3.05, 3.63) is 207 Å². The second-order valence-corrected chi connectivity index (χ2v) is 13.2. The van der Waals surface area contributed by atoms with E-state index in [-0.39, 0.29) is 0 Å². The fourth-order valence-electron chi connectivity index (χ4n) is 6.89. The van der Waals surface area contributed by atoms with Crippen LogP contribution in [0.5, 0.6) is 0 Å². The van der Waals surface area contributed by atoms with E-state index in [1.807, 2.05) is 30.6 Å². The van der Waals surface area contributed by atoms with Crippen LogP contribution in [0, 0.1) is 0 Å². The Kier molecular flexibility index (Phi) is 8.90. The smallest absolute Gasteiger partial charge is 0.160 e. The van der Waals surface area contributed by atoms with Gasteiger partial charge in [-0.2, -0.15) is 0 Å². The summed E-state index contributed by atoms with van der Waals surface area (Å²) in [5, 5.41) is 0. The summed E-state index contributed by atoms with van der Waals surface area (Å²) in [5.74, 6) is 0.647. The molecule has 2 aromatic heterocycles. The Balaban J connectivity index is 1.15. The Morgan fingerprint density at radius 2 is 0.556 bits per heavy atom. The third kappa shape index (κ3) is 6.97. The molecule has 4 heteroatoms. The van der Waals surface area contributed by atoms with Crippen LogP contribution in [0.25, 0.3) is 89.5 Å². The van der Waals surface area contributed by atoms with E-state index in [9.17, 15) is 0 Å². The van der Waals surface area contributed by atoms with Gasteiger partial charge in [0.2, 0.25) is 0 Å². The molecule has 0 unspecified atom stereocenters. The van der Waals surface area contributed by atoms with Gasteiger partial charge in [-0.05, 0) is 86.5 Å². The van der Waals surface area contributed by atoms with Crippen LogP contribution in [-0.4, -0.2) is 19.9 Å². The number of hydrogen-bond acceptors (Lipinski definition) is 4. The van der Waals surface area contributed by atoms with Gasteiger partial charge < -0.3 is 0 Å². The van der Waals surface area contributed by atoms with E-state index in [1.165, 1.54) is 22.3 Å². The Bertz CT molecular complexity index is 2560. The Labute approximate surface area is 315 Å². The fourth-order valence-corrected chi connectivity index (χ4v) is 6.89. The lowest BCUT2D eigenvalue weighted by molar-refractivity contribution is 1.17. The van der Waals surface area contributed by atoms with Crippen molar-refractivity contribution in [3.8, 4) is 89.5 Å². The molecule has 0 aliphatic rings. The number of rotatable bonds is 8. The van der Waals surface area contributed by atoms with E-state index in [2.05, 4.69) is 180 Å². The first-order chi connectivity index (χ1) is 26.7. The first kappa shape index (κ1) is 32.6. The van der Waals surface area contributed by atoms with Gasteiger partial charge in [-0.3, -0.25) is 0 Å². The molecule has 9 aromatic rings. The summed E-state index contributed by atoms with van der Waals surface area (Å²) in [6.45, 7) is 0. The second kappa shape index (κ2) is 14.7. The second-order valence-electron chi connectivity index (χ2n) is 13.2. The van der Waals surface area contributed by atoms with Gasteiger partial charge in [0.25, 0.3) is 0 Å². The molecule has 0 spiro atoms. The molecule has 2 heterocycles. The highest BCUT2D eigenvalue weighted by Gasteiger charge is 2.14. The van der Waals surface area contributed by atoms with E-state index < -0.39 is 0 Å². The average Bonchev–Trinajstić information content (AvgIpc) is 3.27. The predicted molar refractivity (Wildman–Crippen MR) is 221 cm³/mol. The molecule has 0 bridgehead atoms. The molecule has 0 saturated heterocycles. The van der Waals surface area contributed by atoms with Crippen molar-refractivity contribution in [3.63, 3.8) is 0 Å². The van der Waals surface area contributed by atoms with Crippen molar-refractivity contribution < 1.29 is 0 Å². The molecule has 9 rings (SSSR count). The van der Waals surface area contributed by atoms with Crippen molar-refractivity contribution in [1.29, 1.82) is 0 Å². The topological polar surface area (TPSA) is 51.6 Å². The zero-order valence-electron chi connectivity index (χ0n) is 29.4. The molecule has 0 aliphatic heterocycles. The van der Waals surface area contributed by atoms with E-state index in [0.717, 1.165) is 61.5 Å². The van der Waals surface area contributed by atoms with Crippen molar-refractivity contribution in [1.82, 2.24) is 19.9 Å². The molecular formula is C50H34N4. The molecule has 7 aromatic carbocycles. The van der Waals surface area contributed by atoms with Gasteiger partial charge in [-0.15, -0.1) is 0 Å². The highest BCUT2D eigenvalue weighted by Crippen LogP contribution is 2.34. The molecule has 0 saturated carbocycles. The molecule has 0 amide bonds.